The van der Waals surface area contributed by atoms with Gasteiger partial charge in [0.2, 0.25) is 0 Å². The van der Waals surface area contributed by atoms with E-state index in [1.807, 2.05) is 24.3 Å². The highest BCUT2D eigenvalue weighted by Crippen LogP contribution is 2.12. The number of benzene rings is 1. The van der Waals surface area contributed by atoms with Gasteiger partial charge in [-0.25, -0.2) is 0 Å². The lowest BCUT2D eigenvalue weighted by atomic mass is 10.2. The van der Waals surface area contributed by atoms with Crippen LogP contribution in [0.3, 0.4) is 0 Å². The van der Waals surface area contributed by atoms with Crippen molar-refractivity contribution in [3.8, 4) is 11.8 Å². The third kappa shape index (κ3) is 4.33. The molecule has 0 amide bonds. The maximum Gasteiger partial charge on any atom is 0.119 e. The number of likely N-dealkylation sites (N-methyl/N-ethyl adjacent to an activating group) is 1. The molecule has 0 atom stereocenters. The van der Waals surface area contributed by atoms with Crippen LogP contribution < -0.4 is 4.74 Å². The number of nitrogens with zero attached hydrogens (tertiary/aromatic N) is 2. The van der Waals surface area contributed by atoms with Crippen LogP contribution in [-0.2, 0) is 6.42 Å². The summed E-state index contributed by atoms with van der Waals surface area (Å²) in [6, 6.07) is 9.82. The van der Waals surface area contributed by atoms with Gasteiger partial charge in [0, 0.05) is 6.54 Å². The molecule has 0 aliphatic heterocycles. The SMILES string of the molecule is CCN(C)CCOc1ccc(CC#N)cc1. The van der Waals surface area contributed by atoms with Gasteiger partial charge in [-0.1, -0.05) is 19.1 Å². The summed E-state index contributed by atoms with van der Waals surface area (Å²) >= 11 is 0. The van der Waals surface area contributed by atoms with Crippen LogP contribution >= 0.6 is 0 Å². The van der Waals surface area contributed by atoms with Crippen molar-refractivity contribution in [1.82, 2.24) is 4.90 Å². The molecule has 1 rings (SSSR count). The van der Waals surface area contributed by atoms with Crippen LogP contribution in [0.15, 0.2) is 24.3 Å². The van der Waals surface area contributed by atoms with E-state index in [1.165, 1.54) is 0 Å². The Bertz CT molecular complexity index is 340. The number of nitriles is 1. The second kappa shape index (κ2) is 6.86. The van der Waals surface area contributed by atoms with Gasteiger partial charge in [-0.3, -0.25) is 0 Å². The molecule has 0 unspecified atom stereocenters. The van der Waals surface area contributed by atoms with Crippen LogP contribution in [0.2, 0.25) is 0 Å². The lowest BCUT2D eigenvalue weighted by Crippen LogP contribution is -2.23. The maximum atomic E-state index is 8.53. The molecule has 0 bridgehead atoms. The predicted octanol–water partition coefficient (Wildman–Crippen LogP) is 2.08. The van der Waals surface area contributed by atoms with Crippen molar-refractivity contribution in [2.24, 2.45) is 0 Å². The number of ether oxygens (including phenoxy) is 1. The molecule has 0 saturated carbocycles. The molecule has 0 radical (unpaired) electrons. The number of rotatable bonds is 6. The van der Waals surface area contributed by atoms with Gasteiger partial charge in [0.15, 0.2) is 0 Å². The minimum Gasteiger partial charge on any atom is -0.492 e. The highest BCUT2D eigenvalue weighted by atomic mass is 16.5. The van der Waals surface area contributed by atoms with E-state index in [2.05, 4.69) is 24.9 Å². The molecule has 3 heteroatoms. The molecule has 1 aromatic rings. The zero-order valence-corrected chi connectivity index (χ0v) is 9.94. The second-order valence-corrected chi connectivity index (χ2v) is 3.72. The van der Waals surface area contributed by atoms with E-state index in [4.69, 9.17) is 10.00 Å². The fraction of sp³-hybridized carbons (Fsp3) is 0.462. The molecule has 16 heavy (non-hydrogen) atoms. The topological polar surface area (TPSA) is 36.3 Å². The van der Waals surface area contributed by atoms with Crippen molar-refractivity contribution < 1.29 is 4.74 Å². The molecular weight excluding hydrogens is 200 g/mol. The molecule has 0 aromatic heterocycles. The first-order valence-corrected chi connectivity index (χ1v) is 5.53. The van der Waals surface area contributed by atoms with E-state index in [0.29, 0.717) is 13.0 Å². The molecule has 0 aliphatic carbocycles. The minimum absolute atomic E-state index is 0.457. The largest absolute Gasteiger partial charge is 0.492 e. The smallest absolute Gasteiger partial charge is 0.119 e. The van der Waals surface area contributed by atoms with Gasteiger partial charge < -0.3 is 9.64 Å². The van der Waals surface area contributed by atoms with E-state index in [9.17, 15) is 0 Å². The van der Waals surface area contributed by atoms with Gasteiger partial charge in [-0.05, 0) is 31.3 Å². The molecule has 0 spiro atoms. The second-order valence-electron chi connectivity index (χ2n) is 3.72. The summed E-state index contributed by atoms with van der Waals surface area (Å²) in [5.74, 6) is 0.867. The average molecular weight is 218 g/mol. The Hall–Kier alpha value is -1.53. The molecular formula is C13H18N2O. The van der Waals surface area contributed by atoms with Gasteiger partial charge in [0.1, 0.15) is 12.4 Å². The normalized spacial score (nSPS) is 10.1. The summed E-state index contributed by atoms with van der Waals surface area (Å²) in [5.41, 5.74) is 1.03. The summed E-state index contributed by atoms with van der Waals surface area (Å²) in [4.78, 5) is 2.20. The van der Waals surface area contributed by atoms with Gasteiger partial charge in [-0.2, -0.15) is 5.26 Å². The Morgan fingerprint density at radius 2 is 2.00 bits per heavy atom. The summed E-state index contributed by atoms with van der Waals surface area (Å²) < 4.78 is 5.59. The Labute approximate surface area is 97.3 Å². The summed E-state index contributed by atoms with van der Waals surface area (Å²) in [6.45, 7) is 4.78. The Morgan fingerprint density at radius 1 is 1.31 bits per heavy atom. The van der Waals surface area contributed by atoms with E-state index in [-0.39, 0.29) is 0 Å². The van der Waals surface area contributed by atoms with Gasteiger partial charge in [0.05, 0.1) is 12.5 Å². The van der Waals surface area contributed by atoms with Crippen LogP contribution in [0.5, 0.6) is 5.75 Å². The average Bonchev–Trinajstić information content (AvgIpc) is 2.31. The van der Waals surface area contributed by atoms with E-state index in [1.54, 1.807) is 0 Å². The highest BCUT2D eigenvalue weighted by Gasteiger charge is 1.97. The van der Waals surface area contributed by atoms with E-state index in [0.717, 1.165) is 24.4 Å². The maximum absolute atomic E-state index is 8.53. The predicted molar refractivity (Wildman–Crippen MR) is 64.4 cm³/mol. The zero-order valence-electron chi connectivity index (χ0n) is 9.94. The Morgan fingerprint density at radius 3 is 2.56 bits per heavy atom. The molecule has 0 heterocycles. The van der Waals surface area contributed by atoms with Crippen molar-refractivity contribution >= 4 is 0 Å². The molecule has 0 N–H and O–H groups in total. The monoisotopic (exact) mass is 218 g/mol. The van der Waals surface area contributed by atoms with Crippen LogP contribution in [0, 0.1) is 11.3 Å². The third-order valence-corrected chi connectivity index (χ3v) is 2.49. The lowest BCUT2D eigenvalue weighted by molar-refractivity contribution is 0.244. The summed E-state index contributed by atoms with van der Waals surface area (Å²) in [5, 5.41) is 8.53. The molecule has 3 nitrogen and oxygen atoms in total. The zero-order chi connectivity index (χ0) is 11.8. The highest BCUT2D eigenvalue weighted by molar-refractivity contribution is 5.28. The van der Waals surface area contributed by atoms with Crippen LogP contribution in [0.4, 0.5) is 0 Å². The third-order valence-electron chi connectivity index (χ3n) is 2.49. The van der Waals surface area contributed by atoms with Crippen molar-refractivity contribution in [2.45, 2.75) is 13.3 Å². The molecule has 1 aromatic carbocycles. The standard InChI is InChI=1S/C13H18N2O/c1-3-15(2)10-11-16-13-6-4-12(5-7-13)8-9-14/h4-7H,3,8,10-11H2,1-2H3. The first-order valence-electron chi connectivity index (χ1n) is 5.53. The van der Waals surface area contributed by atoms with Crippen LogP contribution in [0.1, 0.15) is 12.5 Å². The minimum atomic E-state index is 0.457. The molecule has 0 fully saturated rings. The van der Waals surface area contributed by atoms with Gasteiger partial charge in [0.25, 0.3) is 0 Å². The lowest BCUT2D eigenvalue weighted by Gasteiger charge is -2.14. The van der Waals surface area contributed by atoms with Crippen molar-refractivity contribution in [2.75, 3.05) is 26.7 Å². The van der Waals surface area contributed by atoms with Crippen LogP contribution in [0.25, 0.3) is 0 Å². The fourth-order valence-electron chi connectivity index (χ4n) is 1.27. The van der Waals surface area contributed by atoms with Gasteiger partial charge >= 0.3 is 0 Å². The quantitative estimate of drug-likeness (QED) is 0.733. The number of hydrogen-bond donors (Lipinski definition) is 0. The van der Waals surface area contributed by atoms with E-state index >= 15 is 0 Å². The first kappa shape index (κ1) is 12.5. The van der Waals surface area contributed by atoms with E-state index < -0.39 is 0 Å². The Kier molecular flexibility index (Phi) is 5.38. The molecule has 0 saturated heterocycles. The molecule has 86 valence electrons. The summed E-state index contributed by atoms with van der Waals surface area (Å²) in [7, 11) is 2.07. The van der Waals surface area contributed by atoms with Crippen molar-refractivity contribution in [1.29, 1.82) is 5.26 Å². The number of hydrogen-bond acceptors (Lipinski definition) is 3. The molecule has 0 aliphatic rings. The van der Waals surface area contributed by atoms with Crippen molar-refractivity contribution in [3.05, 3.63) is 29.8 Å². The van der Waals surface area contributed by atoms with Crippen molar-refractivity contribution in [3.63, 3.8) is 0 Å². The Balaban J connectivity index is 2.35. The van der Waals surface area contributed by atoms with Gasteiger partial charge in [-0.15, -0.1) is 0 Å². The summed E-state index contributed by atoms with van der Waals surface area (Å²) in [6.07, 6.45) is 0.457. The first-order chi connectivity index (χ1) is 7.76. The fourth-order valence-corrected chi connectivity index (χ4v) is 1.27. The van der Waals surface area contributed by atoms with Crippen LogP contribution in [-0.4, -0.2) is 31.6 Å².